The molecule has 1 amide bonds. The molecule has 2 N–H and O–H groups in total. The number of carbonyl (C=O) groups excluding carboxylic acids is 1. The van der Waals surface area contributed by atoms with E-state index in [-0.39, 0.29) is 5.91 Å². The first-order valence-electron chi connectivity index (χ1n) is 7.07. The third-order valence-electron chi connectivity index (χ3n) is 3.20. The maximum Gasteiger partial charge on any atom is 0.256 e. The molecule has 0 bridgehead atoms. The number of nitrogens with zero attached hydrogens (tertiary/aromatic N) is 4. The highest BCUT2D eigenvalue weighted by Gasteiger charge is 2.10. The van der Waals surface area contributed by atoms with E-state index in [2.05, 4.69) is 25.7 Å². The van der Waals surface area contributed by atoms with Crippen molar-refractivity contribution in [3.63, 3.8) is 0 Å². The normalized spacial score (nSPS) is 10.3. The van der Waals surface area contributed by atoms with Crippen molar-refractivity contribution in [2.75, 3.05) is 10.6 Å². The molecule has 116 valence electrons. The Morgan fingerprint density at radius 3 is 2.65 bits per heavy atom. The molecule has 0 fully saturated rings. The standard InChI is InChI=1S/C16H16N6O/c1-11-8-17-16(19-13-9-18-22(2)10-13)21-14(11)20-15(23)12-6-4-3-5-7-12/h3-10H,1-2H3,(H2,17,19,20,21,23). The Morgan fingerprint density at radius 1 is 1.17 bits per heavy atom. The summed E-state index contributed by atoms with van der Waals surface area (Å²) in [5.74, 6) is 0.659. The topological polar surface area (TPSA) is 84.7 Å². The predicted octanol–water partition coefficient (Wildman–Crippen LogP) is 2.51. The lowest BCUT2D eigenvalue weighted by molar-refractivity contribution is 0.102. The summed E-state index contributed by atoms with van der Waals surface area (Å²) in [7, 11) is 1.83. The summed E-state index contributed by atoms with van der Waals surface area (Å²) >= 11 is 0. The quantitative estimate of drug-likeness (QED) is 0.773. The molecule has 7 heteroatoms. The monoisotopic (exact) mass is 308 g/mol. The molecule has 0 atom stereocenters. The molecule has 3 aromatic rings. The van der Waals surface area contributed by atoms with E-state index in [0.29, 0.717) is 17.3 Å². The van der Waals surface area contributed by atoms with Gasteiger partial charge in [0.25, 0.3) is 5.91 Å². The smallest absolute Gasteiger partial charge is 0.256 e. The molecule has 3 rings (SSSR count). The second-order valence-corrected chi connectivity index (χ2v) is 5.07. The lowest BCUT2D eigenvalue weighted by Gasteiger charge is -2.09. The molecule has 2 heterocycles. The van der Waals surface area contributed by atoms with Crippen LogP contribution >= 0.6 is 0 Å². The average Bonchev–Trinajstić information content (AvgIpc) is 2.96. The number of carbonyl (C=O) groups is 1. The van der Waals surface area contributed by atoms with E-state index < -0.39 is 0 Å². The van der Waals surface area contributed by atoms with Gasteiger partial charge in [-0.05, 0) is 19.1 Å². The maximum atomic E-state index is 12.2. The summed E-state index contributed by atoms with van der Waals surface area (Å²) in [5.41, 5.74) is 2.13. The zero-order chi connectivity index (χ0) is 16.2. The summed E-state index contributed by atoms with van der Waals surface area (Å²) in [6.07, 6.45) is 5.14. The van der Waals surface area contributed by atoms with Crippen LogP contribution in [-0.2, 0) is 7.05 Å². The number of hydrogen-bond donors (Lipinski definition) is 2. The molecule has 0 aliphatic heterocycles. The van der Waals surface area contributed by atoms with Gasteiger partial charge in [-0.2, -0.15) is 10.1 Å². The number of amides is 1. The minimum atomic E-state index is -0.209. The SMILES string of the molecule is Cc1cnc(Nc2cnn(C)c2)nc1NC(=O)c1ccccc1. The van der Waals surface area contributed by atoms with Crippen LogP contribution in [0.2, 0.25) is 0 Å². The van der Waals surface area contributed by atoms with Gasteiger partial charge in [0, 0.05) is 30.6 Å². The minimum absolute atomic E-state index is 0.209. The zero-order valence-corrected chi connectivity index (χ0v) is 12.8. The van der Waals surface area contributed by atoms with Gasteiger partial charge in [-0.25, -0.2) is 4.98 Å². The Bertz CT molecular complexity index is 828. The Hall–Kier alpha value is -3.22. The second-order valence-electron chi connectivity index (χ2n) is 5.07. The Balaban J connectivity index is 1.79. The van der Waals surface area contributed by atoms with Gasteiger partial charge in [-0.3, -0.25) is 9.48 Å². The molecular formula is C16H16N6O. The van der Waals surface area contributed by atoms with Crippen LogP contribution in [0.1, 0.15) is 15.9 Å². The van der Waals surface area contributed by atoms with E-state index in [0.717, 1.165) is 11.3 Å². The highest BCUT2D eigenvalue weighted by Crippen LogP contribution is 2.17. The van der Waals surface area contributed by atoms with Crippen LogP contribution < -0.4 is 10.6 Å². The van der Waals surface area contributed by atoms with E-state index in [4.69, 9.17) is 0 Å². The van der Waals surface area contributed by atoms with Crippen LogP contribution in [0.4, 0.5) is 17.5 Å². The molecule has 23 heavy (non-hydrogen) atoms. The number of hydrogen-bond acceptors (Lipinski definition) is 5. The first-order valence-corrected chi connectivity index (χ1v) is 7.07. The molecule has 0 spiro atoms. The number of rotatable bonds is 4. The molecule has 0 radical (unpaired) electrons. The van der Waals surface area contributed by atoms with Gasteiger partial charge in [0.05, 0.1) is 11.9 Å². The number of nitrogens with one attached hydrogen (secondary N) is 2. The van der Waals surface area contributed by atoms with E-state index in [1.807, 2.05) is 38.4 Å². The van der Waals surface area contributed by atoms with Crippen molar-refractivity contribution in [2.24, 2.45) is 7.05 Å². The fourth-order valence-corrected chi connectivity index (χ4v) is 2.01. The van der Waals surface area contributed by atoms with Crippen LogP contribution in [0.3, 0.4) is 0 Å². The van der Waals surface area contributed by atoms with E-state index in [1.54, 1.807) is 29.2 Å². The number of aromatic nitrogens is 4. The van der Waals surface area contributed by atoms with Gasteiger partial charge >= 0.3 is 0 Å². The Morgan fingerprint density at radius 2 is 1.96 bits per heavy atom. The van der Waals surface area contributed by atoms with Crippen molar-refractivity contribution >= 4 is 23.4 Å². The fraction of sp³-hybridized carbons (Fsp3) is 0.125. The van der Waals surface area contributed by atoms with Crippen molar-refractivity contribution < 1.29 is 4.79 Å². The molecule has 0 saturated carbocycles. The molecule has 0 saturated heterocycles. The van der Waals surface area contributed by atoms with Crippen LogP contribution in [0.25, 0.3) is 0 Å². The van der Waals surface area contributed by atoms with Gasteiger partial charge in [0.1, 0.15) is 5.82 Å². The van der Waals surface area contributed by atoms with Crippen molar-refractivity contribution in [3.05, 3.63) is 60.0 Å². The molecule has 1 aromatic carbocycles. The van der Waals surface area contributed by atoms with Crippen LogP contribution in [0.5, 0.6) is 0 Å². The van der Waals surface area contributed by atoms with E-state index >= 15 is 0 Å². The summed E-state index contributed by atoms with van der Waals surface area (Å²) in [6.45, 7) is 1.84. The van der Waals surface area contributed by atoms with E-state index in [9.17, 15) is 4.79 Å². The third kappa shape index (κ3) is 3.52. The first-order chi connectivity index (χ1) is 11.1. The van der Waals surface area contributed by atoms with Crippen molar-refractivity contribution in [2.45, 2.75) is 6.92 Å². The van der Waals surface area contributed by atoms with Crippen molar-refractivity contribution in [3.8, 4) is 0 Å². The third-order valence-corrected chi connectivity index (χ3v) is 3.20. The first kappa shape index (κ1) is 14.7. The second kappa shape index (κ2) is 6.27. The summed E-state index contributed by atoms with van der Waals surface area (Å²) < 4.78 is 1.68. The fourth-order valence-electron chi connectivity index (χ4n) is 2.01. The van der Waals surface area contributed by atoms with Crippen molar-refractivity contribution in [1.29, 1.82) is 0 Å². The maximum absolute atomic E-state index is 12.2. The van der Waals surface area contributed by atoms with Gasteiger partial charge < -0.3 is 10.6 Å². The highest BCUT2D eigenvalue weighted by atomic mass is 16.1. The van der Waals surface area contributed by atoms with Crippen LogP contribution in [0.15, 0.2) is 48.9 Å². The largest absolute Gasteiger partial charge is 0.321 e. The number of anilines is 3. The molecule has 0 unspecified atom stereocenters. The number of aryl methyl sites for hydroxylation is 2. The van der Waals surface area contributed by atoms with Gasteiger partial charge in [-0.1, -0.05) is 18.2 Å². The summed E-state index contributed by atoms with van der Waals surface area (Å²) in [4.78, 5) is 20.8. The molecule has 7 nitrogen and oxygen atoms in total. The van der Waals surface area contributed by atoms with Crippen LogP contribution in [0, 0.1) is 6.92 Å². The van der Waals surface area contributed by atoms with Crippen LogP contribution in [-0.4, -0.2) is 25.7 Å². The number of benzene rings is 1. The van der Waals surface area contributed by atoms with E-state index in [1.165, 1.54) is 0 Å². The summed E-state index contributed by atoms with van der Waals surface area (Å²) in [5, 5.41) is 9.93. The molecule has 2 aromatic heterocycles. The molecule has 0 aliphatic rings. The summed E-state index contributed by atoms with van der Waals surface area (Å²) in [6, 6.07) is 9.00. The van der Waals surface area contributed by atoms with Gasteiger partial charge in [-0.15, -0.1) is 0 Å². The Labute approximate surface area is 133 Å². The Kier molecular flexibility index (Phi) is 4.01. The lowest BCUT2D eigenvalue weighted by atomic mass is 10.2. The highest BCUT2D eigenvalue weighted by molar-refractivity contribution is 6.04. The molecular weight excluding hydrogens is 292 g/mol. The zero-order valence-electron chi connectivity index (χ0n) is 12.8. The van der Waals surface area contributed by atoms with Gasteiger partial charge in [0.2, 0.25) is 5.95 Å². The lowest BCUT2D eigenvalue weighted by Crippen LogP contribution is -2.14. The minimum Gasteiger partial charge on any atom is -0.321 e. The predicted molar refractivity (Wildman–Crippen MR) is 87.7 cm³/mol. The van der Waals surface area contributed by atoms with Crippen molar-refractivity contribution in [1.82, 2.24) is 19.7 Å². The average molecular weight is 308 g/mol. The van der Waals surface area contributed by atoms with Gasteiger partial charge in [0.15, 0.2) is 0 Å². The molecule has 0 aliphatic carbocycles.